The molecule has 0 fully saturated rings. The number of ketones is 1. The highest BCUT2D eigenvalue weighted by atomic mass is 16.6. The van der Waals surface area contributed by atoms with Crippen molar-refractivity contribution >= 4 is 22.7 Å². The number of carbonyl (C=O) groups is 2. The summed E-state index contributed by atoms with van der Waals surface area (Å²) in [6, 6.07) is 16.0. The minimum absolute atomic E-state index is 0.0645. The average Bonchev–Trinajstić information content (AvgIpc) is 2.66. The Kier molecular flexibility index (Phi) is 5.27. The Morgan fingerprint density at radius 3 is 2.50 bits per heavy atom. The van der Waals surface area contributed by atoms with Gasteiger partial charge in [0.15, 0.2) is 18.1 Å². The van der Waals surface area contributed by atoms with Gasteiger partial charge in [-0.2, -0.15) is 0 Å². The number of hydrogen-bond acceptors (Lipinski definition) is 5. The predicted molar refractivity (Wildman–Crippen MR) is 98.7 cm³/mol. The summed E-state index contributed by atoms with van der Waals surface area (Å²) in [5.41, 5.74) is 2.11. The van der Waals surface area contributed by atoms with Gasteiger partial charge < -0.3 is 9.47 Å². The Labute approximate surface area is 151 Å². The third kappa shape index (κ3) is 4.06. The van der Waals surface area contributed by atoms with Crippen LogP contribution in [0.1, 0.15) is 29.4 Å². The minimum atomic E-state index is -0.519. The third-order valence-corrected chi connectivity index (χ3v) is 3.90. The van der Waals surface area contributed by atoms with E-state index < -0.39 is 5.97 Å². The number of esters is 1. The lowest BCUT2D eigenvalue weighted by molar-refractivity contribution is -0.136. The summed E-state index contributed by atoms with van der Waals surface area (Å²) in [6.07, 6.45) is 0.449. The van der Waals surface area contributed by atoms with E-state index in [2.05, 4.69) is 4.98 Å². The molecule has 0 unspecified atom stereocenters. The average molecular weight is 349 g/mol. The maximum absolute atomic E-state index is 12.1. The van der Waals surface area contributed by atoms with Gasteiger partial charge >= 0.3 is 5.97 Å². The molecule has 132 valence electrons. The number of aryl methyl sites for hydroxylation is 1. The van der Waals surface area contributed by atoms with E-state index in [1.165, 1.54) is 0 Å². The Balaban J connectivity index is 1.64. The van der Waals surface area contributed by atoms with Gasteiger partial charge in [-0.1, -0.05) is 25.1 Å². The summed E-state index contributed by atoms with van der Waals surface area (Å²) >= 11 is 0. The number of para-hydroxylation sites is 1. The summed E-state index contributed by atoms with van der Waals surface area (Å²) in [7, 11) is 0. The number of benzene rings is 2. The van der Waals surface area contributed by atoms with E-state index in [1.807, 2.05) is 38.1 Å². The Bertz CT molecular complexity index is 948. The molecule has 26 heavy (non-hydrogen) atoms. The lowest BCUT2D eigenvalue weighted by Gasteiger charge is -2.09. The number of pyridine rings is 1. The zero-order valence-corrected chi connectivity index (χ0v) is 14.7. The van der Waals surface area contributed by atoms with E-state index in [4.69, 9.17) is 9.47 Å². The van der Waals surface area contributed by atoms with Gasteiger partial charge in [0.2, 0.25) is 0 Å². The quantitative estimate of drug-likeness (QED) is 0.380. The molecule has 0 radical (unpaired) electrons. The minimum Gasteiger partial charge on any atom is -0.482 e. The fraction of sp³-hybridized carbons (Fsp3) is 0.190. The number of nitrogens with zero attached hydrogens (tertiary/aromatic N) is 1. The van der Waals surface area contributed by atoms with Crippen LogP contribution >= 0.6 is 0 Å². The fourth-order valence-corrected chi connectivity index (χ4v) is 2.54. The van der Waals surface area contributed by atoms with E-state index in [1.54, 1.807) is 30.3 Å². The third-order valence-electron chi connectivity index (χ3n) is 3.90. The van der Waals surface area contributed by atoms with E-state index in [0.717, 1.165) is 11.1 Å². The number of hydrogen-bond donors (Lipinski definition) is 0. The standard InChI is InChI=1S/C21H19NO4/c1-3-18(23)15-9-11-17(12-10-15)25-13-20(24)26-19-6-4-5-16-8-7-14(2)22-21(16)19/h4-12H,3,13H2,1-2H3. The van der Waals surface area contributed by atoms with Crippen molar-refractivity contribution in [3.63, 3.8) is 0 Å². The monoisotopic (exact) mass is 349 g/mol. The second kappa shape index (κ2) is 7.78. The lowest BCUT2D eigenvalue weighted by Crippen LogP contribution is -2.18. The smallest absolute Gasteiger partial charge is 0.349 e. The molecule has 5 heteroatoms. The first kappa shape index (κ1) is 17.6. The van der Waals surface area contributed by atoms with E-state index in [-0.39, 0.29) is 12.4 Å². The number of aromatic nitrogens is 1. The van der Waals surface area contributed by atoms with Crippen LogP contribution < -0.4 is 9.47 Å². The van der Waals surface area contributed by atoms with Crippen molar-refractivity contribution in [1.29, 1.82) is 0 Å². The number of carbonyl (C=O) groups excluding carboxylic acids is 2. The maximum atomic E-state index is 12.1. The first-order valence-electron chi connectivity index (χ1n) is 8.40. The van der Waals surface area contributed by atoms with Crippen molar-refractivity contribution in [3.8, 4) is 11.5 Å². The second-order valence-corrected chi connectivity index (χ2v) is 5.84. The van der Waals surface area contributed by atoms with Crippen LogP contribution in [0.25, 0.3) is 10.9 Å². The molecule has 3 rings (SSSR count). The van der Waals surface area contributed by atoms with Crippen LogP contribution in [0.15, 0.2) is 54.6 Å². The highest BCUT2D eigenvalue weighted by Gasteiger charge is 2.11. The van der Waals surface area contributed by atoms with Gasteiger partial charge in [0.1, 0.15) is 11.3 Å². The highest BCUT2D eigenvalue weighted by molar-refractivity contribution is 5.95. The molecular weight excluding hydrogens is 330 g/mol. The van der Waals surface area contributed by atoms with Crippen LogP contribution in [-0.2, 0) is 4.79 Å². The van der Waals surface area contributed by atoms with Crippen LogP contribution in [0.3, 0.4) is 0 Å². The number of fused-ring (bicyclic) bond motifs is 1. The van der Waals surface area contributed by atoms with Gasteiger partial charge in [-0.3, -0.25) is 4.79 Å². The van der Waals surface area contributed by atoms with Gasteiger partial charge in [-0.25, -0.2) is 9.78 Å². The zero-order valence-electron chi connectivity index (χ0n) is 14.7. The molecule has 1 aromatic heterocycles. The van der Waals surface area contributed by atoms with Crippen LogP contribution in [0.4, 0.5) is 0 Å². The summed E-state index contributed by atoms with van der Waals surface area (Å²) in [5.74, 6) is 0.453. The van der Waals surface area contributed by atoms with E-state index in [9.17, 15) is 9.59 Å². The molecule has 0 atom stereocenters. The molecule has 0 N–H and O–H groups in total. The number of rotatable bonds is 6. The Hall–Kier alpha value is -3.21. The molecule has 0 amide bonds. The van der Waals surface area contributed by atoms with E-state index >= 15 is 0 Å². The molecule has 0 aliphatic carbocycles. The molecule has 0 aliphatic heterocycles. The summed E-state index contributed by atoms with van der Waals surface area (Å²) in [4.78, 5) is 28.1. The molecule has 0 spiro atoms. The predicted octanol–water partition coefficient (Wildman–Crippen LogP) is 4.12. The molecule has 0 saturated carbocycles. The number of Topliss-reactive ketones (excluding diaryl/α,β-unsaturated/α-hetero) is 1. The zero-order chi connectivity index (χ0) is 18.5. The van der Waals surface area contributed by atoms with Crippen molar-refractivity contribution < 1.29 is 19.1 Å². The van der Waals surface area contributed by atoms with Crippen LogP contribution in [0.5, 0.6) is 11.5 Å². The van der Waals surface area contributed by atoms with Crippen LogP contribution in [0.2, 0.25) is 0 Å². The SMILES string of the molecule is CCC(=O)c1ccc(OCC(=O)Oc2cccc3ccc(C)nc23)cc1. The van der Waals surface area contributed by atoms with Crippen molar-refractivity contribution in [2.24, 2.45) is 0 Å². The van der Waals surface area contributed by atoms with Crippen LogP contribution in [-0.4, -0.2) is 23.3 Å². The summed E-state index contributed by atoms with van der Waals surface area (Å²) in [5, 5.41) is 0.901. The maximum Gasteiger partial charge on any atom is 0.349 e. The van der Waals surface area contributed by atoms with E-state index in [0.29, 0.717) is 29.0 Å². The van der Waals surface area contributed by atoms with Gasteiger partial charge in [-0.15, -0.1) is 0 Å². The van der Waals surface area contributed by atoms with Crippen molar-refractivity contribution in [2.45, 2.75) is 20.3 Å². The Morgan fingerprint density at radius 1 is 1.00 bits per heavy atom. The molecule has 0 bridgehead atoms. The van der Waals surface area contributed by atoms with Crippen molar-refractivity contribution in [3.05, 3.63) is 65.9 Å². The second-order valence-electron chi connectivity index (χ2n) is 5.84. The van der Waals surface area contributed by atoms with Gasteiger partial charge in [-0.05, 0) is 43.3 Å². The molecule has 0 saturated heterocycles. The molecular formula is C21H19NO4. The largest absolute Gasteiger partial charge is 0.482 e. The molecule has 5 nitrogen and oxygen atoms in total. The molecule has 0 aliphatic rings. The van der Waals surface area contributed by atoms with Crippen molar-refractivity contribution in [2.75, 3.05) is 6.61 Å². The first-order valence-corrected chi connectivity index (χ1v) is 8.40. The molecule has 2 aromatic carbocycles. The molecule has 3 aromatic rings. The molecule has 1 heterocycles. The van der Waals surface area contributed by atoms with Crippen LogP contribution in [0, 0.1) is 6.92 Å². The summed E-state index contributed by atoms with van der Waals surface area (Å²) < 4.78 is 10.8. The van der Waals surface area contributed by atoms with Gasteiger partial charge in [0.25, 0.3) is 0 Å². The summed E-state index contributed by atoms with van der Waals surface area (Å²) in [6.45, 7) is 3.46. The highest BCUT2D eigenvalue weighted by Crippen LogP contribution is 2.24. The Morgan fingerprint density at radius 2 is 1.77 bits per heavy atom. The topological polar surface area (TPSA) is 65.5 Å². The number of ether oxygens (including phenoxy) is 2. The van der Waals surface area contributed by atoms with Gasteiger partial charge in [0, 0.05) is 23.1 Å². The normalized spacial score (nSPS) is 10.5. The first-order chi connectivity index (χ1) is 12.6. The lowest BCUT2D eigenvalue weighted by atomic mass is 10.1. The van der Waals surface area contributed by atoms with Gasteiger partial charge in [0.05, 0.1) is 0 Å². The fourth-order valence-electron chi connectivity index (χ4n) is 2.54. The van der Waals surface area contributed by atoms with Crippen molar-refractivity contribution in [1.82, 2.24) is 4.98 Å².